The number of fused-ring (bicyclic) bond motifs is 2. The van der Waals surface area contributed by atoms with Gasteiger partial charge in [0.2, 0.25) is 0 Å². The third-order valence-electron chi connectivity index (χ3n) is 4.56. The predicted octanol–water partition coefficient (Wildman–Crippen LogP) is 4.14. The topological polar surface area (TPSA) is 63.6 Å². The van der Waals surface area contributed by atoms with Gasteiger partial charge in [0.1, 0.15) is 16.5 Å². The molecule has 26 heavy (non-hydrogen) atoms. The fourth-order valence-corrected chi connectivity index (χ4v) is 4.41. The summed E-state index contributed by atoms with van der Waals surface area (Å²) in [6, 6.07) is 8.08. The van der Waals surface area contributed by atoms with E-state index < -0.39 is 0 Å². The lowest BCUT2D eigenvalue weighted by molar-refractivity contribution is 0.650. The fourth-order valence-electron chi connectivity index (χ4n) is 3.44. The van der Waals surface area contributed by atoms with Crippen LogP contribution in [-0.4, -0.2) is 19.5 Å². The van der Waals surface area contributed by atoms with Crippen molar-refractivity contribution in [2.45, 2.75) is 40.2 Å². The first-order chi connectivity index (χ1) is 12.6. The summed E-state index contributed by atoms with van der Waals surface area (Å²) in [5.41, 5.74) is 3.11. The summed E-state index contributed by atoms with van der Waals surface area (Å²) in [7, 11) is 0. The molecule has 0 unspecified atom stereocenters. The SMILES string of the molecule is CCc1nc2ccccc2n1Cc1nc2scc(CC(C)C)c2c(=O)[nH]1. The number of aromatic amines is 1. The van der Waals surface area contributed by atoms with Gasteiger partial charge < -0.3 is 9.55 Å². The second-order valence-corrected chi connectivity index (χ2v) is 7.87. The van der Waals surface area contributed by atoms with Gasteiger partial charge in [0, 0.05) is 6.42 Å². The quantitative estimate of drug-likeness (QED) is 0.577. The van der Waals surface area contributed by atoms with Crippen LogP contribution >= 0.6 is 11.3 Å². The first-order valence-electron chi connectivity index (χ1n) is 9.00. The molecule has 0 radical (unpaired) electrons. The molecule has 1 N–H and O–H groups in total. The molecule has 3 aromatic heterocycles. The van der Waals surface area contributed by atoms with E-state index in [2.05, 4.69) is 41.8 Å². The highest BCUT2D eigenvalue weighted by Crippen LogP contribution is 2.24. The highest BCUT2D eigenvalue weighted by molar-refractivity contribution is 7.16. The van der Waals surface area contributed by atoms with Gasteiger partial charge in [-0.3, -0.25) is 4.79 Å². The molecule has 6 heteroatoms. The summed E-state index contributed by atoms with van der Waals surface area (Å²) in [5.74, 6) is 2.19. The Morgan fingerprint density at radius 1 is 1.23 bits per heavy atom. The smallest absolute Gasteiger partial charge is 0.259 e. The van der Waals surface area contributed by atoms with Crippen LogP contribution < -0.4 is 5.56 Å². The van der Waals surface area contributed by atoms with Crippen molar-refractivity contribution < 1.29 is 0 Å². The molecule has 1 aromatic carbocycles. The maximum Gasteiger partial charge on any atom is 0.259 e. The van der Waals surface area contributed by atoms with Crippen molar-refractivity contribution in [3.63, 3.8) is 0 Å². The Kier molecular flexibility index (Phi) is 4.36. The third kappa shape index (κ3) is 2.94. The van der Waals surface area contributed by atoms with Crippen LogP contribution in [0.15, 0.2) is 34.4 Å². The number of aryl methyl sites for hydroxylation is 1. The Morgan fingerprint density at radius 2 is 2.04 bits per heavy atom. The lowest BCUT2D eigenvalue weighted by Gasteiger charge is -2.08. The maximum atomic E-state index is 12.7. The molecule has 4 rings (SSSR count). The number of benzene rings is 1. The molecular weight excluding hydrogens is 344 g/mol. The number of nitrogens with zero attached hydrogens (tertiary/aromatic N) is 3. The zero-order chi connectivity index (χ0) is 18.3. The number of hydrogen-bond acceptors (Lipinski definition) is 4. The van der Waals surface area contributed by atoms with Crippen molar-refractivity contribution in [3.05, 3.63) is 57.2 Å². The number of imidazole rings is 1. The van der Waals surface area contributed by atoms with Crippen molar-refractivity contribution in [1.29, 1.82) is 0 Å². The second kappa shape index (κ2) is 6.68. The third-order valence-corrected chi connectivity index (χ3v) is 5.48. The molecule has 0 saturated heterocycles. The Balaban J connectivity index is 1.78. The van der Waals surface area contributed by atoms with Crippen molar-refractivity contribution in [1.82, 2.24) is 19.5 Å². The van der Waals surface area contributed by atoms with E-state index in [0.717, 1.165) is 45.5 Å². The summed E-state index contributed by atoms with van der Waals surface area (Å²) in [5, 5.41) is 2.82. The average Bonchev–Trinajstić information content (AvgIpc) is 3.16. The summed E-state index contributed by atoms with van der Waals surface area (Å²) in [6.07, 6.45) is 1.73. The Labute approximate surface area is 155 Å². The van der Waals surface area contributed by atoms with Gasteiger partial charge in [-0.2, -0.15) is 0 Å². The van der Waals surface area contributed by atoms with Crippen molar-refractivity contribution in [2.24, 2.45) is 5.92 Å². The van der Waals surface area contributed by atoms with Crippen molar-refractivity contribution >= 4 is 32.6 Å². The zero-order valence-corrected chi connectivity index (χ0v) is 16.1. The number of H-pyrrole nitrogens is 1. The minimum atomic E-state index is -0.0376. The lowest BCUT2D eigenvalue weighted by Crippen LogP contribution is -2.15. The van der Waals surface area contributed by atoms with Gasteiger partial charge in [-0.05, 0) is 35.4 Å². The van der Waals surface area contributed by atoms with E-state index in [1.54, 1.807) is 11.3 Å². The molecule has 0 saturated carbocycles. The van der Waals surface area contributed by atoms with Crippen LogP contribution in [0.4, 0.5) is 0 Å². The van der Waals surface area contributed by atoms with Crippen LogP contribution in [0.3, 0.4) is 0 Å². The Bertz CT molecular complexity index is 1140. The Hall–Kier alpha value is -2.47. The van der Waals surface area contributed by atoms with Gasteiger partial charge in [0.05, 0.1) is 23.0 Å². The average molecular weight is 366 g/mol. The molecule has 0 aliphatic rings. The van der Waals surface area contributed by atoms with E-state index >= 15 is 0 Å². The first kappa shape index (κ1) is 17.0. The van der Waals surface area contributed by atoms with Crippen LogP contribution in [0, 0.1) is 5.92 Å². The molecule has 3 heterocycles. The second-order valence-electron chi connectivity index (χ2n) is 7.01. The molecule has 0 aliphatic heterocycles. The molecule has 0 amide bonds. The number of hydrogen-bond donors (Lipinski definition) is 1. The van der Waals surface area contributed by atoms with Gasteiger partial charge in [0.15, 0.2) is 0 Å². The molecule has 0 fully saturated rings. The van der Waals surface area contributed by atoms with Gasteiger partial charge in [-0.25, -0.2) is 9.97 Å². The van der Waals surface area contributed by atoms with E-state index in [4.69, 9.17) is 9.97 Å². The summed E-state index contributed by atoms with van der Waals surface area (Å²) < 4.78 is 2.14. The predicted molar refractivity (Wildman–Crippen MR) is 107 cm³/mol. The van der Waals surface area contributed by atoms with Crippen LogP contribution in [0.25, 0.3) is 21.3 Å². The van der Waals surface area contributed by atoms with Gasteiger partial charge in [-0.1, -0.05) is 32.9 Å². The standard InChI is InChI=1S/C20H22N4OS/c1-4-17-21-14-7-5-6-8-15(14)24(17)10-16-22-19(25)18-13(9-12(2)3)11-26-20(18)23-16/h5-8,11-12H,4,9-10H2,1-3H3,(H,22,23,25). The maximum absolute atomic E-state index is 12.7. The van der Waals surface area contributed by atoms with Gasteiger partial charge in [-0.15, -0.1) is 11.3 Å². The minimum Gasteiger partial charge on any atom is -0.320 e. The largest absolute Gasteiger partial charge is 0.320 e. The fraction of sp³-hybridized carbons (Fsp3) is 0.350. The molecule has 0 aliphatic carbocycles. The van der Waals surface area contributed by atoms with Crippen molar-refractivity contribution in [2.75, 3.05) is 0 Å². The van der Waals surface area contributed by atoms with E-state index in [1.807, 2.05) is 18.2 Å². The van der Waals surface area contributed by atoms with Gasteiger partial charge in [0.25, 0.3) is 5.56 Å². The number of thiophene rings is 1. The van der Waals surface area contributed by atoms with E-state index in [-0.39, 0.29) is 5.56 Å². The summed E-state index contributed by atoms with van der Waals surface area (Å²) in [4.78, 5) is 25.9. The van der Waals surface area contributed by atoms with Gasteiger partial charge >= 0.3 is 0 Å². The van der Waals surface area contributed by atoms with Crippen LogP contribution in [0.2, 0.25) is 0 Å². The molecule has 0 bridgehead atoms. The monoisotopic (exact) mass is 366 g/mol. The molecule has 0 atom stereocenters. The minimum absolute atomic E-state index is 0.0376. The van der Waals surface area contributed by atoms with Crippen LogP contribution in [0.5, 0.6) is 0 Å². The Morgan fingerprint density at radius 3 is 2.81 bits per heavy atom. The van der Waals surface area contributed by atoms with Crippen LogP contribution in [-0.2, 0) is 19.4 Å². The highest BCUT2D eigenvalue weighted by Gasteiger charge is 2.15. The summed E-state index contributed by atoms with van der Waals surface area (Å²) >= 11 is 1.55. The van der Waals surface area contributed by atoms with E-state index in [9.17, 15) is 4.79 Å². The number of nitrogens with one attached hydrogen (secondary N) is 1. The molecule has 134 valence electrons. The number of aromatic nitrogens is 4. The molecule has 0 spiro atoms. The normalized spacial score (nSPS) is 11.8. The molecule has 4 aromatic rings. The van der Waals surface area contributed by atoms with Crippen LogP contribution in [0.1, 0.15) is 38.0 Å². The van der Waals surface area contributed by atoms with E-state index in [1.165, 1.54) is 0 Å². The highest BCUT2D eigenvalue weighted by atomic mass is 32.1. The lowest BCUT2D eigenvalue weighted by atomic mass is 10.0. The molecular formula is C20H22N4OS. The first-order valence-corrected chi connectivity index (χ1v) is 9.88. The molecule has 5 nitrogen and oxygen atoms in total. The number of rotatable bonds is 5. The van der Waals surface area contributed by atoms with Crippen molar-refractivity contribution in [3.8, 4) is 0 Å². The zero-order valence-electron chi connectivity index (χ0n) is 15.2. The van der Waals surface area contributed by atoms with E-state index in [0.29, 0.717) is 18.3 Å². The number of para-hydroxylation sites is 2. The summed E-state index contributed by atoms with van der Waals surface area (Å²) in [6.45, 7) is 6.94.